The summed E-state index contributed by atoms with van der Waals surface area (Å²) >= 11 is 0. The van der Waals surface area contributed by atoms with Crippen molar-refractivity contribution in [2.45, 2.75) is 52.4 Å². The molecule has 0 aromatic rings. The maximum atomic E-state index is 12.5. The summed E-state index contributed by atoms with van der Waals surface area (Å²) in [5.74, 6) is 0.0192. The van der Waals surface area contributed by atoms with Gasteiger partial charge in [0.05, 0.1) is 17.9 Å². The van der Waals surface area contributed by atoms with Crippen LogP contribution in [0, 0.1) is 11.3 Å². The quantitative estimate of drug-likeness (QED) is 0.735. The second-order valence-corrected chi connectivity index (χ2v) is 6.21. The molecule has 4 nitrogen and oxygen atoms in total. The maximum Gasteiger partial charge on any atom is 0.308 e. The lowest BCUT2D eigenvalue weighted by Crippen LogP contribution is -2.37. The molecule has 0 aromatic carbocycles. The third-order valence-electron chi connectivity index (χ3n) is 4.49. The first kappa shape index (κ1) is 14.4. The summed E-state index contributed by atoms with van der Waals surface area (Å²) in [6.45, 7) is 5.36. The van der Waals surface area contributed by atoms with Crippen molar-refractivity contribution in [1.29, 1.82) is 0 Å². The molecule has 2 aliphatic rings. The number of carbonyl (C=O) groups is 2. The minimum Gasteiger partial charge on any atom is -0.464 e. The first-order valence-corrected chi connectivity index (χ1v) is 7.51. The van der Waals surface area contributed by atoms with Crippen molar-refractivity contribution in [3.8, 4) is 0 Å². The van der Waals surface area contributed by atoms with Crippen LogP contribution in [-0.2, 0) is 14.3 Å². The van der Waals surface area contributed by atoms with Gasteiger partial charge < -0.3 is 9.64 Å². The lowest BCUT2D eigenvalue weighted by Gasteiger charge is -2.31. The summed E-state index contributed by atoms with van der Waals surface area (Å²) in [5.41, 5.74) is -0.0691. The molecule has 19 heavy (non-hydrogen) atoms. The minimum atomic E-state index is -0.181. The van der Waals surface area contributed by atoms with Crippen LogP contribution < -0.4 is 0 Å². The highest BCUT2D eigenvalue weighted by Gasteiger charge is 2.46. The molecule has 1 heterocycles. The summed E-state index contributed by atoms with van der Waals surface area (Å²) in [6, 6.07) is 0. The molecule has 108 valence electrons. The maximum absolute atomic E-state index is 12.5. The molecule has 0 N–H and O–H groups in total. The first-order chi connectivity index (χ1) is 9.05. The minimum absolute atomic E-state index is 0.0691. The fourth-order valence-corrected chi connectivity index (χ4v) is 3.22. The second kappa shape index (κ2) is 5.93. The molecule has 1 spiro atoms. The molecular formula is C15H25NO3. The lowest BCUT2D eigenvalue weighted by molar-refractivity contribution is -0.149. The zero-order chi connectivity index (χ0) is 13.9. The largest absolute Gasteiger partial charge is 0.464 e. The summed E-state index contributed by atoms with van der Waals surface area (Å²) < 4.78 is 5.16. The number of carbonyl (C=O) groups excluding carboxylic acids is 2. The number of rotatable bonds is 4. The number of ether oxygens (including phenoxy) is 1. The molecule has 1 saturated heterocycles. The normalized spacial score (nSPS) is 22.3. The van der Waals surface area contributed by atoms with E-state index in [1.165, 1.54) is 19.3 Å². The van der Waals surface area contributed by atoms with Crippen LogP contribution in [0.3, 0.4) is 0 Å². The van der Waals surface area contributed by atoms with E-state index < -0.39 is 0 Å². The van der Waals surface area contributed by atoms with E-state index in [1.807, 2.05) is 18.7 Å². The van der Waals surface area contributed by atoms with Crippen LogP contribution in [0.15, 0.2) is 0 Å². The van der Waals surface area contributed by atoms with Gasteiger partial charge in [-0.1, -0.05) is 33.1 Å². The van der Waals surface area contributed by atoms with Crippen LogP contribution >= 0.6 is 0 Å². The SMILES string of the molecule is CC(C)C(=O)OCCN1CCC2(CCCCC2)C1=O. The Morgan fingerprint density at radius 3 is 2.58 bits per heavy atom. The van der Waals surface area contributed by atoms with Gasteiger partial charge in [0.1, 0.15) is 6.61 Å². The zero-order valence-electron chi connectivity index (χ0n) is 12.1. The molecule has 1 aliphatic carbocycles. The van der Waals surface area contributed by atoms with E-state index in [2.05, 4.69) is 0 Å². The topological polar surface area (TPSA) is 46.6 Å². The Kier molecular flexibility index (Phi) is 4.48. The summed E-state index contributed by atoms with van der Waals surface area (Å²) in [7, 11) is 0. The van der Waals surface area contributed by atoms with E-state index in [0.717, 1.165) is 25.8 Å². The average Bonchev–Trinajstić information content (AvgIpc) is 2.69. The highest BCUT2D eigenvalue weighted by Crippen LogP contribution is 2.44. The Balaban J connectivity index is 1.80. The molecule has 1 amide bonds. The van der Waals surface area contributed by atoms with Gasteiger partial charge in [-0.05, 0) is 19.3 Å². The molecule has 0 unspecified atom stereocenters. The lowest BCUT2D eigenvalue weighted by atomic mass is 9.73. The van der Waals surface area contributed by atoms with Crippen molar-refractivity contribution in [3.05, 3.63) is 0 Å². The van der Waals surface area contributed by atoms with Crippen molar-refractivity contribution >= 4 is 11.9 Å². The van der Waals surface area contributed by atoms with E-state index in [9.17, 15) is 9.59 Å². The Morgan fingerprint density at radius 1 is 1.26 bits per heavy atom. The number of hydrogen-bond donors (Lipinski definition) is 0. The van der Waals surface area contributed by atoms with E-state index >= 15 is 0 Å². The monoisotopic (exact) mass is 267 g/mol. The van der Waals surface area contributed by atoms with Crippen molar-refractivity contribution in [2.24, 2.45) is 11.3 Å². The summed E-state index contributed by atoms with van der Waals surface area (Å²) in [5, 5.41) is 0. The van der Waals surface area contributed by atoms with Gasteiger partial charge in [0, 0.05) is 6.54 Å². The highest BCUT2D eigenvalue weighted by atomic mass is 16.5. The standard InChI is InChI=1S/C15H25NO3/c1-12(2)13(17)19-11-10-16-9-8-15(14(16)18)6-4-3-5-7-15/h12H,3-11H2,1-2H3. The Bertz CT molecular complexity index is 345. The number of amides is 1. The summed E-state index contributed by atoms with van der Waals surface area (Å²) in [6.07, 6.45) is 6.72. The van der Waals surface area contributed by atoms with Gasteiger partial charge in [-0.25, -0.2) is 0 Å². The van der Waals surface area contributed by atoms with Crippen LogP contribution in [0.2, 0.25) is 0 Å². The molecule has 0 aromatic heterocycles. The first-order valence-electron chi connectivity index (χ1n) is 7.51. The predicted molar refractivity (Wildman–Crippen MR) is 72.5 cm³/mol. The van der Waals surface area contributed by atoms with Crippen LogP contribution in [0.25, 0.3) is 0 Å². The summed E-state index contributed by atoms with van der Waals surface area (Å²) in [4.78, 5) is 25.7. The van der Waals surface area contributed by atoms with Crippen LogP contribution in [0.4, 0.5) is 0 Å². The smallest absolute Gasteiger partial charge is 0.308 e. The number of hydrogen-bond acceptors (Lipinski definition) is 3. The number of esters is 1. The third kappa shape index (κ3) is 3.10. The van der Waals surface area contributed by atoms with Crippen LogP contribution in [-0.4, -0.2) is 36.5 Å². The Hall–Kier alpha value is -1.06. The molecule has 0 bridgehead atoms. The highest BCUT2D eigenvalue weighted by molar-refractivity contribution is 5.85. The molecule has 0 atom stereocenters. The van der Waals surface area contributed by atoms with E-state index in [1.54, 1.807) is 0 Å². The van der Waals surface area contributed by atoms with Crippen molar-refractivity contribution in [3.63, 3.8) is 0 Å². The van der Waals surface area contributed by atoms with E-state index in [-0.39, 0.29) is 17.3 Å². The second-order valence-electron chi connectivity index (χ2n) is 6.21. The van der Waals surface area contributed by atoms with E-state index in [0.29, 0.717) is 19.1 Å². The molecule has 2 rings (SSSR count). The molecular weight excluding hydrogens is 242 g/mol. The molecule has 2 fully saturated rings. The fraction of sp³-hybridized carbons (Fsp3) is 0.867. The molecule has 4 heteroatoms. The third-order valence-corrected chi connectivity index (χ3v) is 4.49. The molecule has 0 radical (unpaired) electrons. The van der Waals surface area contributed by atoms with Gasteiger partial charge in [-0.15, -0.1) is 0 Å². The predicted octanol–water partition coefficient (Wildman–Crippen LogP) is 2.37. The van der Waals surface area contributed by atoms with Gasteiger partial charge in [0.2, 0.25) is 5.91 Å². The zero-order valence-corrected chi connectivity index (χ0v) is 12.1. The fourth-order valence-electron chi connectivity index (χ4n) is 3.22. The van der Waals surface area contributed by atoms with Gasteiger partial charge >= 0.3 is 5.97 Å². The number of nitrogens with zero attached hydrogens (tertiary/aromatic N) is 1. The Labute approximate surface area is 115 Å². The van der Waals surface area contributed by atoms with Gasteiger partial charge in [0.15, 0.2) is 0 Å². The molecule has 1 aliphatic heterocycles. The van der Waals surface area contributed by atoms with Gasteiger partial charge in [-0.2, -0.15) is 0 Å². The average molecular weight is 267 g/mol. The van der Waals surface area contributed by atoms with Crippen molar-refractivity contribution < 1.29 is 14.3 Å². The van der Waals surface area contributed by atoms with Crippen LogP contribution in [0.5, 0.6) is 0 Å². The Morgan fingerprint density at radius 2 is 1.95 bits per heavy atom. The number of likely N-dealkylation sites (tertiary alicyclic amines) is 1. The molecule has 1 saturated carbocycles. The van der Waals surface area contributed by atoms with Gasteiger partial charge in [0.25, 0.3) is 0 Å². The van der Waals surface area contributed by atoms with Gasteiger partial charge in [-0.3, -0.25) is 9.59 Å². The van der Waals surface area contributed by atoms with E-state index in [4.69, 9.17) is 4.74 Å². The van der Waals surface area contributed by atoms with Crippen LogP contribution in [0.1, 0.15) is 52.4 Å². The van der Waals surface area contributed by atoms with Crippen molar-refractivity contribution in [2.75, 3.05) is 19.7 Å². The van der Waals surface area contributed by atoms with Crippen molar-refractivity contribution in [1.82, 2.24) is 4.90 Å².